The quantitative estimate of drug-likeness (QED) is 0.170. The average molecular weight is 560 g/mol. The summed E-state index contributed by atoms with van der Waals surface area (Å²) in [5, 5.41) is 0. The Kier molecular flexibility index (Phi) is 15.9. The van der Waals surface area contributed by atoms with Gasteiger partial charge in [0, 0.05) is 0 Å². The van der Waals surface area contributed by atoms with E-state index < -0.39 is 45.4 Å². The summed E-state index contributed by atoms with van der Waals surface area (Å²) in [6.07, 6.45) is 0.907. The number of carbonyl (C=O) groups is 4. The lowest BCUT2D eigenvalue weighted by atomic mass is 9.90. The van der Waals surface area contributed by atoms with E-state index in [1.54, 1.807) is 27.7 Å². The summed E-state index contributed by atoms with van der Waals surface area (Å²) in [6, 6.07) is 0. The van der Waals surface area contributed by atoms with Crippen LogP contribution >= 0.6 is 31.9 Å². The third kappa shape index (κ3) is 11.3. The highest BCUT2D eigenvalue weighted by Crippen LogP contribution is 2.27. The summed E-state index contributed by atoms with van der Waals surface area (Å²) in [5.74, 6) is -3.06. The van der Waals surface area contributed by atoms with Crippen LogP contribution in [0.4, 0.5) is 0 Å². The number of rotatable bonds is 15. The largest absolute Gasteiger partial charge is 0.466 e. The van der Waals surface area contributed by atoms with Gasteiger partial charge in [-0.25, -0.2) is 0 Å². The Morgan fingerprint density at radius 2 is 0.833 bits per heavy atom. The predicted octanol–water partition coefficient (Wildman–Crippen LogP) is 3.56. The van der Waals surface area contributed by atoms with E-state index in [1.807, 2.05) is 0 Å². The molecule has 0 aromatic rings. The molecule has 0 rings (SSSR count). The summed E-state index contributed by atoms with van der Waals surface area (Å²) in [5.41, 5.74) is 0. The molecule has 0 N–H and O–H groups in total. The van der Waals surface area contributed by atoms with E-state index in [2.05, 4.69) is 31.9 Å². The predicted molar refractivity (Wildman–Crippen MR) is 117 cm³/mol. The number of ether oxygens (including phenoxy) is 4. The number of halogens is 2. The van der Waals surface area contributed by atoms with Gasteiger partial charge in [-0.05, 0) is 53.4 Å². The standard InChI is InChI=1S/C20H32Br2O8/c1-5-27-17(23)13(11-15(21)19(25)29-7-3)9-10-14(18(24)28-6-2)12-16(22)20(26)30-8-4/h13-16H,5-12H2,1-4H3. The van der Waals surface area contributed by atoms with Crippen LogP contribution in [0.1, 0.15) is 53.4 Å². The van der Waals surface area contributed by atoms with Crippen molar-refractivity contribution in [2.45, 2.75) is 63.0 Å². The van der Waals surface area contributed by atoms with Crippen LogP contribution in [0.2, 0.25) is 0 Å². The maximum Gasteiger partial charge on any atom is 0.319 e. The Hall–Kier alpha value is -1.16. The zero-order chi connectivity index (χ0) is 23.1. The van der Waals surface area contributed by atoms with Gasteiger partial charge in [-0.15, -0.1) is 0 Å². The zero-order valence-corrected chi connectivity index (χ0v) is 21.2. The van der Waals surface area contributed by atoms with E-state index in [0.717, 1.165) is 0 Å². The number of hydrogen-bond donors (Lipinski definition) is 0. The molecule has 0 aromatic heterocycles. The third-order valence-corrected chi connectivity index (χ3v) is 5.67. The molecule has 0 spiro atoms. The first kappa shape index (κ1) is 28.8. The van der Waals surface area contributed by atoms with Crippen molar-refractivity contribution in [2.75, 3.05) is 26.4 Å². The maximum absolute atomic E-state index is 12.4. The Morgan fingerprint density at radius 3 is 1.10 bits per heavy atom. The highest BCUT2D eigenvalue weighted by Gasteiger charge is 2.32. The second kappa shape index (κ2) is 16.5. The van der Waals surface area contributed by atoms with E-state index in [4.69, 9.17) is 18.9 Å². The van der Waals surface area contributed by atoms with Crippen molar-refractivity contribution in [3.05, 3.63) is 0 Å². The Bertz CT molecular complexity index is 507. The number of alkyl halides is 2. The van der Waals surface area contributed by atoms with E-state index in [-0.39, 0.29) is 52.1 Å². The minimum absolute atomic E-state index is 0.169. The summed E-state index contributed by atoms with van der Waals surface area (Å²) in [4.78, 5) is 47.3. The molecule has 174 valence electrons. The fraction of sp³-hybridized carbons (Fsp3) is 0.800. The fourth-order valence-corrected chi connectivity index (χ4v) is 3.91. The lowest BCUT2D eigenvalue weighted by Crippen LogP contribution is -2.29. The lowest BCUT2D eigenvalue weighted by molar-refractivity contribution is -0.153. The molecule has 0 bridgehead atoms. The second-order valence-electron chi connectivity index (χ2n) is 6.39. The van der Waals surface area contributed by atoms with Crippen molar-refractivity contribution in [1.82, 2.24) is 0 Å². The molecule has 0 heterocycles. The molecule has 30 heavy (non-hydrogen) atoms. The Morgan fingerprint density at radius 1 is 0.567 bits per heavy atom. The summed E-state index contributed by atoms with van der Waals surface area (Å²) in [6.45, 7) is 7.66. The molecule has 0 aliphatic rings. The number of carbonyl (C=O) groups excluding carboxylic acids is 4. The molecule has 0 saturated heterocycles. The first-order valence-corrected chi connectivity index (χ1v) is 12.0. The zero-order valence-electron chi connectivity index (χ0n) is 18.0. The van der Waals surface area contributed by atoms with Crippen molar-refractivity contribution < 1.29 is 38.1 Å². The van der Waals surface area contributed by atoms with Crippen LogP contribution in [-0.4, -0.2) is 60.0 Å². The normalized spacial score (nSPS) is 14.7. The molecule has 0 aromatic carbocycles. The molecule has 0 aliphatic heterocycles. The molecular weight excluding hydrogens is 528 g/mol. The summed E-state index contributed by atoms with van der Waals surface area (Å²) in [7, 11) is 0. The molecule has 10 heteroatoms. The Labute approximate surface area is 195 Å². The van der Waals surface area contributed by atoms with Crippen LogP contribution < -0.4 is 0 Å². The van der Waals surface area contributed by atoms with Gasteiger partial charge in [0.15, 0.2) is 0 Å². The molecule has 4 unspecified atom stereocenters. The topological polar surface area (TPSA) is 105 Å². The van der Waals surface area contributed by atoms with Crippen LogP contribution in [0.15, 0.2) is 0 Å². The van der Waals surface area contributed by atoms with Crippen LogP contribution in [0.3, 0.4) is 0 Å². The number of hydrogen-bond acceptors (Lipinski definition) is 8. The monoisotopic (exact) mass is 558 g/mol. The summed E-state index contributed by atoms with van der Waals surface area (Å²) >= 11 is 6.52. The average Bonchev–Trinajstić information content (AvgIpc) is 2.70. The van der Waals surface area contributed by atoms with Crippen LogP contribution in [0.25, 0.3) is 0 Å². The first-order chi connectivity index (χ1) is 14.2. The highest BCUT2D eigenvalue weighted by atomic mass is 79.9. The van der Waals surface area contributed by atoms with Crippen molar-refractivity contribution >= 4 is 55.7 Å². The van der Waals surface area contributed by atoms with Gasteiger partial charge in [-0.2, -0.15) is 0 Å². The minimum Gasteiger partial charge on any atom is -0.466 e. The van der Waals surface area contributed by atoms with Gasteiger partial charge in [0.2, 0.25) is 0 Å². The van der Waals surface area contributed by atoms with Gasteiger partial charge in [-0.1, -0.05) is 31.9 Å². The minimum atomic E-state index is -0.670. The summed E-state index contributed by atoms with van der Waals surface area (Å²) < 4.78 is 20.2. The van der Waals surface area contributed by atoms with Crippen LogP contribution in [0, 0.1) is 11.8 Å². The van der Waals surface area contributed by atoms with Crippen molar-refractivity contribution in [3.63, 3.8) is 0 Å². The highest BCUT2D eigenvalue weighted by molar-refractivity contribution is 9.10. The van der Waals surface area contributed by atoms with E-state index in [1.165, 1.54) is 0 Å². The molecule has 0 amide bonds. The molecule has 8 nitrogen and oxygen atoms in total. The van der Waals surface area contributed by atoms with Gasteiger partial charge in [0.1, 0.15) is 9.65 Å². The van der Waals surface area contributed by atoms with Gasteiger partial charge in [0.25, 0.3) is 0 Å². The molecule has 0 fully saturated rings. The van der Waals surface area contributed by atoms with Gasteiger partial charge in [0.05, 0.1) is 38.3 Å². The van der Waals surface area contributed by atoms with E-state index in [9.17, 15) is 19.2 Å². The lowest BCUT2D eigenvalue weighted by Gasteiger charge is -2.22. The fourth-order valence-electron chi connectivity index (χ4n) is 2.74. The van der Waals surface area contributed by atoms with Crippen molar-refractivity contribution in [3.8, 4) is 0 Å². The first-order valence-electron chi connectivity index (χ1n) is 10.2. The molecule has 0 aliphatic carbocycles. The maximum atomic E-state index is 12.4. The second-order valence-corrected chi connectivity index (χ2v) is 8.60. The van der Waals surface area contributed by atoms with Crippen molar-refractivity contribution in [1.29, 1.82) is 0 Å². The smallest absolute Gasteiger partial charge is 0.319 e. The molecule has 0 radical (unpaired) electrons. The molecule has 0 saturated carbocycles. The van der Waals surface area contributed by atoms with Crippen molar-refractivity contribution in [2.24, 2.45) is 11.8 Å². The van der Waals surface area contributed by atoms with E-state index >= 15 is 0 Å². The molecule has 4 atom stereocenters. The number of esters is 4. The molecular formula is C20H32Br2O8. The van der Waals surface area contributed by atoms with Gasteiger partial charge in [-0.3, -0.25) is 19.2 Å². The van der Waals surface area contributed by atoms with E-state index in [0.29, 0.717) is 0 Å². The third-order valence-electron chi connectivity index (χ3n) is 4.17. The van der Waals surface area contributed by atoms with Crippen LogP contribution in [-0.2, 0) is 38.1 Å². The SMILES string of the molecule is CCOC(=O)C(Br)CC(CCC(CC(Br)C(=O)OCC)C(=O)OCC)C(=O)OCC. The Balaban J connectivity index is 5.23. The van der Waals surface area contributed by atoms with Gasteiger partial charge < -0.3 is 18.9 Å². The van der Waals surface area contributed by atoms with Gasteiger partial charge >= 0.3 is 23.9 Å². The van der Waals surface area contributed by atoms with Crippen LogP contribution in [0.5, 0.6) is 0 Å².